The minimum Gasteiger partial charge on any atom is -0.434 e. The Bertz CT molecular complexity index is 947. The van der Waals surface area contributed by atoms with Crippen LogP contribution in [0.3, 0.4) is 0 Å². The minimum atomic E-state index is -0.586. The van der Waals surface area contributed by atoms with E-state index in [4.69, 9.17) is 4.65 Å². The van der Waals surface area contributed by atoms with E-state index in [0.29, 0.717) is 19.8 Å². The van der Waals surface area contributed by atoms with Crippen LogP contribution in [0, 0.1) is 0 Å². The number of benzene rings is 2. The number of ketones is 1. The van der Waals surface area contributed by atoms with Gasteiger partial charge in [-0.1, -0.05) is 44.2 Å². The monoisotopic (exact) mass is 346 g/mol. The summed E-state index contributed by atoms with van der Waals surface area (Å²) in [6, 6.07) is 16.2. The summed E-state index contributed by atoms with van der Waals surface area (Å²) >= 11 is 0. The zero-order valence-electron chi connectivity index (χ0n) is 15.3. The van der Waals surface area contributed by atoms with Gasteiger partial charge in [0.2, 0.25) is 0 Å². The van der Waals surface area contributed by atoms with Gasteiger partial charge in [0.25, 0.3) is 7.48 Å². The van der Waals surface area contributed by atoms with Gasteiger partial charge in [-0.25, -0.2) is 0 Å². The molecule has 0 saturated heterocycles. The molecule has 2 aromatic carbocycles. The number of carbonyl (C=O) groups is 1. The zero-order chi connectivity index (χ0) is 18.1. The van der Waals surface area contributed by atoms with Crippen molar-refractivity contribution in [1.82, 2.24) is 4.98 Å². The smallest absolute Gasteiger partial charge is 0.289 e. The fraction of sp³-hybridized carbons (Fsp3) is 0.286. The van der Waals surface area contributed by atoms with E-state index in [9.17, 15) is 4.79 Å². The van der Waals surface area contributed by atoms with E-state index < -0.39 is 5.31 Å². The molecule has 0 aliphatic carbocycles. The van der Waals surface area contributed by atoms with Gasteiger partial charge in [-0.3, -0.25) is 4.79 Å². The molecule has 26 heavy (non-hydrogen) atoms. The number of hydrogen-bond donors (Lipinski definition) is 2. The number of anilines is 1. The maximum atomic E-state index is 13.1. The summed E-state index contributed by atoms with van der Waals surface area (Å²) in [7, 11) is 0.385. The van der Waals surface area contributed by atoms with Gasteiger partial charge in [0, 0.05) is 28.4 Å². The van der Waals surface area contributed by atoms with Gasteiger partial charge in [0.1, 0.15) is 0 Å². The Morgan fingerprint density at radius 2 is 2.00 bits per heavy atom. The van der Waals surface area contributed by atoms with Crippen molar-refractivity contribution in [2.75, 3.05) is 11.9 Å². The third-order valence-corrected chi connectivity index (χ3v) is 5.04. The Balaban J connectivity index is 1.50. The first-order valence-electron chi connectivity index (χ1n) is 9.09. The second kappa shape index (κ2) is 6.65. The van der Waals surface area contributed by atoms with Crippen LogP contribution in [0.25, 0.3) is 10.9 Å². The number of aromatic amines is 1. The number of hydrogen-bond acceptors (Lipinski definition) is 3. The van der Waals surface area contributed by atoms with Crippen molar-refractivity contribution < 1.29 is 9.45 Å². The normalized spacial score (nSPS) is 13.5. The molecule has 2 N–H and O–H groups in total. The molecule has 1 aliphatic heterocycles. The molecule has 1 aromatic heterocycles. The van der Waals surface area contributed by atoms with E-state index in [1.807, 2.05) is 56.3 Å². The molecule has 0 unspecified atom stereocenters. The SMILES string of the molecule is CC(C)(BOCc1ccccc1)C(=O)c1cc2c3c(ccc2[nH]1)NCC3. The van der Waals surface area contributed by atoms with Gasteiger partial charge in [-0.2, -0.15) is 0 Å². The van der Waals surface area contributed by atoms with Crippen LogP contribution >= 0.6 is 0 Å². The van der Waals surface area contributed by atoms with Gasteiger partial charge >= 0.3 is 0 Å². The van der Waals surface area contributed by atoms with Gasteiger partial charge in [0.15, 0.2) is 5.78 Å². The number of aromatic nitrogens is 1. The summed E-state index contributed by atoms with van der Waals surface area (Å²) in [5.74, 6) is 0.0847. The molecule has 2 heterocycles. The Kier molecular flexibility index (Phi) is 4.33. The van der Waals surface area contributed by atoms with Crippen LogP contribution in [0.15, 0.2) is 48.5 Å². The van der Waals surface area contributed by atoms with Crippen LogP contribution in [-0.2, 0) is 17.7 Å². The molecular weight excluding hydrogens is 323 g/mol. The molecular formula is C21H23BN2O2. The number of H-pyrrole nitrogens is 1. The first kappa shape index (κ1) is 16.9. The van der Waals surface area contributed by atoms with Crippen LogP contribution in [0.4, 0.5) is 5.69 Å². The third kappa shape index (κ3) is 3.15. The molecule has 0 amide bonds. The van der Waals surface area contributed by atoms with Crippen molar-refractivity contribution >= 4 is 29.9 Å². The molecule has 4 rings (SSSR count). The number of fused-ring (bicyclic) bond motifs is 3. The van der Waals surface area contributed by atoms with E-state index in [1.165, 1.54) is 11.3 Å². The Hall–Kier alpha value is -2.53. The summed E-state index contributed by atoms with van der Waals surface area (Å²) in [6.07, 6.45) is 1.00. The lowest BCUT2D eigenvalue weighted by molar-refractivity contribution is 0.0934. The summed E-state index contributed by atoms with van der Waals surface area (Å²) in [5.41, 5.74) is 5.28. The molecule has 0 spiro atoms. The summed E-state index contributed by atoms with van der Waals surface area (Å²) in [5, 5.41) is 3.95. The molecule has 132 valence electrons. The fourth-order valence-electron chi connectivity index (χ4n) is 3.57. The van der Waals surface area contributed by atoms with Crippen molar-refractivity contribution in [3.05, 3.63) is 65.4 Å². The quantitative estimate of drug-likeness (QED) is 0.522. The highest BCUT2D eigenvalue weighted by Gasteiger charge is 2.32. The first-order valence-corrected chi connectivity index (χ1v) is 9.09. The van der Waals surface area contributed by atoms with Crippen LogP contribution < -0.4 is 5.32 Å². The lowest BCUT2D eigenvalue weighted by Crippen LogP contribution is -2.26. The van der Waals surface area contributed by atoms with Crippen molar-refractivity contribution in [3.63, 3.8) is 0 Å². The molecule has 4 nitrogen and oxygen atoms in total. The summed E-state index contributed by atoms with van der Waals surface area (Å²) < 4.78 is 5.83. The largest absolute Gasteiger partial charge is 0.434 e. The van der Waals surface area contributed by atoms with E-state index in [0.717, 1.165) is 29.4 Å². The first-order chi connectivity index (χ1) is 12.5. The molecule has 3 aromatic rings. The fourth-order valence-corrected chi connectivity index (χ4v) is 3.57. The van der Waals surface area contributed by atoms with Gasteiger partial charge in [-0.15, -0.1) is 0 Å². The van der Waals surface area contributed by atoms with Crippen LogP contribution in [0.2, 0.25) is 5.31 Å². The molecule has 0 radical (unpaired) electrons. The highest BCUT2D eigenvalue weighted by Crippen LogP contribution is 2.34. The van der Waals surface area contributed by atoms with Gasteiger partial charge < -0.3 is 15.0 Å². The Labute approximate surface area is 154 Å². The van der Waals surface area contributed by atoms with Gasteiger partial charge in [0.05, 0.1) is 12.3 Å². The van der Waals surface area contributed by atoms with E-state index in [-0.39, 0.29) is 5.78 Å². The van der Waals surface area contributed by atoms with Crippen LogP contribution in [0.1, 0.15) is 35.5 Å². The van der Waals surface area contributed by atoms with E-state index in [2.05, 4.69) is 16.4 Å². The standard InChI is InChI=1S/C21H23BN2O2/c1-21(2,22-26-13-14-6-4-3-5-7-14)20(25)19-12-16-15-10-11-23-17(15)8-9-18(16)24-19/h3-9,12,22-24H,10-11,13H2,1-2H3. The lowest BCUT2D eigenvalue weighted by Gasteiger charge is -2.20. The molecule has 0 bridgehead atoms. The maximum absolute atomic E-state index is 13.1. The highest BCUT2D eigenvalue weighted by atomic mass is 16.4. The van der Waals surface area contributed by atoms with Crippen molar-refractivity contribution in [2.45, 2.75) is 32.2 Å². The third-order valence-electron chi connectivity index (χ3n) is 5.04. The molecule has 0 saturated carbocycles. The molecule has 1 aliphatic rings. The van der Waals surface area contributed by atoms with Crippen molar-refractivity contribution in [2.24, 2.45) is 0 Å². The average molecular weight is 346 g/mol. The maximum Gasteiger partial charge on any atom is 0.289 e. The van der Waals surface area contributed by atoms with Crippen molar-refractivity contribution in [3.8, 4) is 0 Å². The van der Waals surface area contributed by atoms with E-state index >= 15 is 0 Å². The lowest BCUT2D eigenvalue weighted by atomic mass is 9.63. The van der Waals surface area contributed by atoms with E-state index in [1.54, 1.807) is 0 Å². The molecule has 0 fully saturated rings. The van der Waals surface area contributed by atoms with Gasteiger partial charge in [-0.05, 0) is 35.7 Å². The summed E-state index contributed by atoms with van der Waals surface area (Å²) in [6.45, 7) is 5.36. The van der Waals surface area contributed by atoms with Crippen LogP contribution in [-0.4, -0.2) is 24.8 Å². The number of nitrogens with one attached hydrogen (secondary N) is 2. The highest BCUT2D eigenvalue weighted by molar-refractivity contribution is 6.42. The Morgan fingerprint density at radius 3 is 2.81 bits per heavy atom. The summed E-state index contributed by atoms with van der Waals surface area (Å²) in [4.78, 5) is 16.4. The van der Waals surface area contributed by atoms with Crippen molar-refractivity contribution in [1.29, 1.82) is 0 Å². The average Bonchev–Trinajstić information content (AvgIpc) is 3.27. The Morgan fingerprint density at radius 1 is 1.19 bits per heavy atom. The second-order valence-electron chi connectivity index (χ2n) is 7.60. The second-order valence-corrected chi connectivity index (χ2v) is 7.60. The predicted molar refractivity (Wildman–Crippen MR) is 107 cm³/mol. The topological polar surface area (TPSA) is 54.1 Å². The predicted octanol–water partition coefficient (Wildman–Crippen LogP) is 4.09. The number of carbonyl (C=O) groups excluding carboxylic acids is 1. The number of rotatable bonds is 6. The molecule has 5 heteroatoms. The van der Waals surface area contributed by atoms with Crippen LogP contribution in [0.5, 0.6) is 0 Å². The minimum absolute atomic E-state index is 0.0847. The zero-order valence-corrected chi connectivity index (χ0v) is 15.3. The number of Topliss-reactive ketones (excluding diaryl/α,β-unsaturated/α-hetero) is 1. The molecule has 0 atom stereocenters.